The van der Waals surface area contributed by atoms with Crippen molar-refractivity contribution in [2.24, 2.45) is 0 Å². The molecule has 114 valence electrons. The van der Waals surface area contributed by atoms with Crippen molar-refractivity contribution in [2.75, 3.05) is 19.8 Å². The van der Waals surface area contributed by atoms with Crippen LogP contribution in [0.15, 0.2) is 18.2 Å². The summed E-state index contributed by atoms with van der Waals surface area (Å²) in [5.41, 5.74) is 0.536. The van der Waals surface area contributed by atoms with Crippen molar-refractivity contribution in [2.45, 2.75) is 25.6 Å². The zero-order chi connectivity index (χ0) is 15.2. The summed E-state index contributed by atoms with van der Waals surface area (Å²) in [5, 5.41) is 10.0. The summed E-state index contributed by atoms with van der Waals surface area (Å²) >= 11 is 5.81. The van der Waals surface area contributed by atoms with Crippen LogP contribution in [-0.2, 0) is 4.74 Å². The van der Waals surface area contributed by atoms with Crippen LogP contribution >= 0.6 is 11.6 Å². The smallest absolute Gasteiger partial charge is 0.411 e. The van der Waals surface area contributed by atoms with Gasteiger partial charge in [0.05, 0.1) is 19.3 Å². The third kappa shape index (κ3) is 6.45. The van der Waals surface area contributed by atoms with Crippen LogP contribution in [-0.4, -0.2) is 31.1 Å². The summed E-state index contributed by atoms with van der Waals surface area (Å²) in [7, 11) is 0. The average molecular weight is 313 g/mol. The van der Waals surface area contributed by atoms with Gasteiger partial charge in [-0.25, -0.2) is 0 Å². The van der Waals surface area contributed by atoms with E-state index < -0.39 is 18.9 Å². The Hall–Kier alpha value is -0.980. The fraction of sp³-hybridized carbons (Fsp3) is 0.538. The molecule has 0 aliphatic carbocycles. The van der Waals surface area contributed by atoms with E-state index in [9.17, 15) is 18.3 Å². The monoisotopic (exact) mass is 312 g/mol. The molecule has 0 spiro atoms. The van der Waals surface area contributed by atoms with Gasteiger partial charge in [0.1, 0.15) is 12.4 Å². The molecule has 1 rings (SSSR count). The number of benzene rings is 1. The quantitative estimate of drug-likeness (QED) is 0.780. The van der Waals surface area contributed by atoms with Crippen molar-refractivity contribution >= 4 is 11.6 Å². The summed E-state index contributed by atoms with van der Waals surface area (Å²) in [6.45, 7) is 0.466. The molecule has 1 aromatic carbocycles. The Morgan fingerprint density at radius 2 is 2.00 bits per heavy atom. The lowest BCUT2D eigenvalue weighted by Gasteiger charge is -2.14. The second-order valence-electron chi connectivity index (χ2n) is 4.23. The number of aliphatic hydroxyl groups excluding tert-OH is 1. The maximum absolute atomic E-state index is 11.8. The molecule has 0 saturated carbocycles. The van der Waals surface area contributed by atoms with Crippen LogP contribution in [0.5, 0.6) is 5.75 Å². The molecule has 0 heterocycles. The van der Waals surface area contributed by atoms with Crippen LogP contribution < -0.4 is 4.74 Å². The molecular formula is C13H16ClF3O3. The highest BCUT2D eigenvalue weighted by Gasteiger charge is 2.27. The zero-order valence-corrected chi connectivity index (χ0v) is 11.7. The van der Waals surface area contributed by atoms with Gasteiger partial charge in [-0.15, -0.1) is 0 Å². The molecule has 0 aliphatic heterocycles. The minimum Gasteiger partial charge on any atom is -0.493 e. The predicted octanol–water partition coefficient (Wildman–Crippen LogP) is 3.74. The molecule has 1 atom stereocenters. The second-order valence-corrected chi connectivity index (χ2v) is 4.66. The van der Waals surface area contributed by atoms with E-state index in [2.05, 4.69) is 4.74 Å². The van der Waals surface area contributed by atoms with E-state index in [0.29, 0.717) is 22.8 Å². The SMILES string of the molecule is CC(O)c1cc(Cl)ccc1OCCCOCC(F)(F)F. The molecule has 0 amide bonds. The topological polar surface area (TPSA) is 38.7 Å². The summed E-state index contributed by atoms with van der Waals surface area (Å²) in [6.07, 6.45) is -4.74. The number of rotatable bonds is 7. The first-order valence-electron chi connectivity index (χ1n) is 6.04. The van der Waals surface area contributed by atoms with Gasteiger partial charge >= 0.3 is 6.18 Å². The first-order valence-corrected chi connectivity index (χ1v) is 6.42. The van der Waals surface area contributed by atoms with E-state index in [0.717, 1.165) is 0 Å². The van der Waals surface area contributed by atoms with Gasteiger partial charge in [-0.2, -0.15) is 13.2 Å². The van der Waals surface area contributed by atoms with E-state index >= 15 is 0 Å². The zero-order valence-electron chi connectivity index (χ0n) is 10.9. The molecule has 3 nitrogen and oxygen atoms in total. The van der Waals surface area contributed by atoms with Gasteiger partial charge in [0.15, 0.2) is 0 Å². The van der Waals surface area contributed by atoms with E-state index in [4.69, 9.17) is 16.3 Å². The molecule has 0 saturated heterocycles. The summed E-state index contributed by atoms with van der Waals surface area (Å²) in [4.78, 5) is 0. The molecule has 20 heavy (non-hydrogen) atoms. The van der Waals surface area contributed by atoms with Gasteiger partial charge < -0.3 is 14.6 Å². The Balaban J connectivity index is 2.35. The van der Waals surface area contributed by atoms with Crippen LogP contribution in [0.4, 0.5) is 13.2 Å². The molecule has 1 aromatic rings. The highest BCUT2D eigenvalue weighted by molar-refractivity contribution is 6.30. The molecular weight excluding hydrogens is 297 g/mol. The maximum Gasteiger partial charge on any atom is 0.411 e. The fourth-order valence-electron chi connectivity index (χ4n) is 1.51. The van der Waals surface area contributed by atoms with Crippen LogP contribution in [0.2, 0.25) is 5.02 Å². The minimum atomic E-state index is -4.31. The minimum absolute atomic E-state index is 0.0445. The largest absolute Gasteiger partial charge is 0.493 e. The van der Waals surface area contributed by atoms with Gasteiger partial charge in [0.2, 0.25) is 0 Å². The molecule has 7 heteroatoms. The maximum atomic E-state index is 11.8. The predicted molar refractivity (Wildman–Crippen MR) is 69.1 cm³/mol. The second kappa shape index (κ2) is 7.71. The van der Waals surface area contributed by atoms with E-state index in [1.807, 2.05) is 0 Å². The van der Waals surface area contributed by atoms with Crippen LogP contribution in [0, 0.1) is 0 Å². The van der Waals surface area contributed by atoms with Gasteiger partial charge in [-0.1, -0.05) is 11.6 Å². The summed E-state index contributed by atoms with van der Waals surface area (Å²) in [5.74, 6) is 0.459. The van der Waals surface area contributed by atoms with Crippen molar-refractivity contribution in [1.82, 2.24) is 0 Å². The van der Waals surface area contributed by atoms with Crippen LogP contribution in [0.1, 0.15) is 25.0 Å². The number of ether oxygens (including phenoxy) is 2. The Morgan fingerprint density at radius 1 is 1.30 bits per heavy atom. The fourth-order valence-corrected chi connectivity index (χ4v) is 1.69. The lowest BCUT2D eigenvalue weighted by molar-refractivity contribution is -0.174. The third-order valence-electron chi connectivity index (χ3n) is 2.38. The van der Waals surface area contributed by atoms with Crippen LogP contribution in [0.25, 0.3) is 0 Å². The summed E-state index contributed by atoms with van der Waals surface area (Å²) < 4.78 is 45.3. The van der Waals surface area contributed by atoms with E-state index in [1.165, 1.54) is 0 Å². The number of halogens is 4. The van der Waals surface area contributed by atoms with Gasteiger partial charge in [0, 0.05) is 17.0 Å². The molecule has 0 fully saturated rings. The number of aliphatic hydroxyl groups is 1. The normalized spacial score (nSPS) is 13.3. The van der Waals surface area contributed by atoms with Crippen molar-refractivity contribution in [3.63, 3.8) is 0 Å². The first kappa shape index (κ1) is 17.1. The van der Waals surface area contributed by atoms with Gasteiger partial charge in [0.25, 0.3) is 0 Å². The molecule has 0 aromatic heterocycles. The molecule has 1 N–H and O–H groups in total. The lowest BCUT2D eigenvalue weighted by Crippen LogP contribution is -2.18. The molecule has 0 bridgehead atoms. The third-order valence-corrected chi connectivity index (χ3v) is 2.61. The Kier molecular flexibility index (Phi) is 6.58. The van der Waals surface area contributed by atoms with Crippen molar-refractivity contribution in [3.8, 4) is 5.75 Å². The molecule has 1 unspecified atom stereocenters. The van der Waals surface area contributed by atoms with Gasteiger partial charge in [-0.3, -0.25) is 0 Å². The molecule has 0 radical (unpaired) electrons. The Morgan fingerprint density at radius 3 is 2.60 bits per heavy atom. The number of hydrogen-bond acceptors (Lipinski definition) is 3. The highest BCUT2D eigenvalue weighted by Crippen LogP contribution is 2.28. The van der Waals surface area contributed by atoms with E-state index in [-0.39, 0.29) is 13.2 Å². The number of alkyl halides is 3. The Bertz CT molecular complexity index is 422. The van der Waals surface area contributed by atoms with Crippen molar-refractivity contribution < 1.29 is 27.8 Å². The van der Waals surface area contributed by atoms with Crippen molar-refractivity contribution in [1.29, 1.82) is 0 Å². The Labute approximate surface area is 120 Å². The van der Waals surface area contributed by atoms with Gasteiger partial charge in [-0.05, 0) is 25.1 Å². The summed E-state index contributed by atoms with van der Waals surface area (Å²) in [6, 6.07) is 4.81. The van der Waals surface area contributed by atoms with Crippen LogP contribution in [0.3, 0.4) is 0 Å². The lowest BCUT2D eigenvalue weighted by atomic mass is 10.1. The average Bonchev–Trinajstić information content (AvgIpc) is 2.33. The molecule has 0 aliphatic rings. The number of hydrogen-bond donors (Lipinski definition) is 1. The van der Waals surface area contributed by atoms with Crippen molar-refractivity contribution in [3.05, 3.63) is 28.8 Å². The van der Waals surface area contributed by atoms with E-state index in [1.54, 1.807) is 25.1 Å². The standard InChI is InChI=1S/C13H16ClF3O3/c1-9(18)11-7-10(14)3-4-12(11)20-6-2-5-19-8-13(15,16)17/h3-4,7,9,18H,2,5-6,8H2,1H3. The first-order chi connectivity index (χ1) is 9.29. The highest BCUT2D eigenvalue weighted by atomic mass is 35.5.